The van der Waals surface area contributed by atoms with Crippen molar-refractivity contribution < 1.29 is 13.9 Å². The molecule has 0 aliphatic carbocycles. The first-order valence-corrected chi connectivity index (χ1v) is 5.42. The second-order valence-corrected chi connectivity index (χ2v) is 3.96. The van der Waals surface area contributed by atoms with E-state index in [1.807, 2.05) is 6.92 Å². The molecular formula is C12H16FNO2. The number of hydrogen-bond acceptors (Lipinski definition) is 3. The Balaban J connectivity index is 2.16. The number of rotatable bonds is 3. The molecule has 0 radical (unpaired) electrons. The van der Waals surface area contributed by atoms with Gasteiger partial charge in [-0.15, -0.1) is 0 Å². The van der Waals surface area contributed by atoms with Gasteiger partial charge in [0.25, 0.3) is 0 Å². The van der Waals surface area contributed by atoms with E-state index in [4.69, 9.17) is 9.47 Å². The quantitative estimate of drug-likeness (QED) is 0.857. The highest BCUT2D eigenvalue weighted by Crippen LogP contribution is 2.28. The van der Waals surface area contributed by atoms with Crippen molar-refractivity contribution in [1.82, 2.24) is 0 Å². The number of halogens is 1. The van der Waals surface area contributed by atoms with Gasteiger partial charge in [0.1, 0.15) is 11.6 Å². The third-order valence-electron chi connectivity index (χ3n) is 2.88. The van der Waals surface area contributed by atoms with Crippen molar-refractivity contribution in [3.8, 4) is 5.75 Å². The van der Waals surface area contributed by atoms with E-state index >= 15 is 0 Å². The highest BCUT2D eigenvalue weighted by atomic mass is 19.1. The molecule has 4 heteroatoms. The minimum absolute atomic E-state index is 0.146. The summed E-state index contributed by atoms with van der Waals surface area (Å²) in [5, 5.41) is 3.26. The fourth-order valence-electron chi connectivity index (χ4n) is 1.91. The summed E-state index contributed by atoms with van der Waals surface area (Å²) in [5.41, 5.74) is 0.685. The molecule has 2 unspecified atom stereocenters. The lowest BCUT2D eigenvalue weighted by Gasteiger charge is -2.19. The van der Waals surface area contributed by atoms with Crippen LogP contribution in [0.1, 0.15) is 13.3 Å². The molecule has 0 bridgehead atoms. The predicted molar refractivity (Wildman–Crippen MR) is 60.4 cm³/mol. The Bertz CT molecular complexity index is 370. The first-order chi connectivity index (χ1) is 7.70. The maximum atomic E-state index is 13.1. The van der Waals surface area contributed by atoms with Gasteiger partial charge in [-0.1, -0.05) is 0 Å². The molecule has 2 rings (SSSR count). The number of benzene rings is 1. The molecule has 1 aliphatic rings. The standard InChI is InChI=1S/C12H16FNO2/c1-8-10(5-6-16-8)14-11-7-9(13)3-4-12(11)15-2/h3-4,7-8,10,14H,5-6H2,1-2H3. The highest BCUT2D eigenvalue weighted by molar-refractivity contribution is 5.57. The fraction of sp³-hybridized carbons (Fsp3) is 0.500. The van der Waals surface area contributed by atoms with Crippen LogP contribution in [0.5, 0.6) is 5.75 Å². The Hall–Kier alpha value is -1.29. The Morgan fingerprint density at radius 3 is 2.94 bits per heavy atom. The lowest BCUT2D eigenvalue weighted by atomic mass is 10.1. The van der Waals surface area contributed by atoms with Crippen LogP contribution in [-0.2, 0) is 4.74 Å². The third-order valence-corrected chi connectivity index (χ3v) is 2.88. The van der Waals surface area contributed by atoms with Crippen molar-refractivity contribution in [2.75, 3.05) is 19.0 Å². The van der Waals surface area contributed by atoms with Gasteiger partial charge in [0.2, 0.25) is 0 Å². The van der Waals surface area contributed by atoms with E-state index in [-0.39, 0.29) is 18.0 Å². The van der Waals surface area contributed by atoms with Crippen molar-refractivity contribution in [3.05, 3.63) is 24.0 Å². The molecule has 1 aromatic rings. The zero-order chi connectivity index (χ0) is 11.5. The number of methoxy groups -OCH3 is 1. The highest BCUT2D eigenvalue weighted by Gasteiger charge is 2.24. The van der Waals surface area contributed by atoms with Crippen LogP contribution in [0.25, 0.3) is 0 Å². The molecule has 1 aromatic carbocycles. The van der Waals surface area contributed by atoms with Gasteiger partial charge in [-0.3, -0.25) is 0 Å². The van der Waals surface area contributed by atoms with Crippen LogP contribution in [0.4, 0.5) is 10.1 Å². The molecule has 3 nitrogen and oxygen atoms in total. The molecule has 0 spiro atoms. The van der Waals surface area contributed by atoms with E-state index in [2.05, 4.69) is 5.32 Å². The fourth-order valence-corrected chi connectivity index (χ4v) is 1.91. The summed E-state index contributed by atoms with van der Waals surface area (Å²) < 4.78 is 23.7. The topological polar surface area (TPSA) is 30.5 Å². The average Bonchev–Trinajstić information content (AvgIpc) is 2.65. The number of anilines is 1. The summed E-state index contributed by atoms with van der Waals surface area (Å²) in [6.45, 7) is 2.76. The van der Waals surface area contributed by atoms with Gasteiger partial charge in [-0.25, -0.2) is 4.39 Å². The molecule has 0 aromatic heterocycles. The third kappa shape index (κ3) is 2.27. The van der Waals surface area contributed by atoms with E-state index in [0.29, 0.717) is 11.4 Å². The summed E-state index contributed by atoms with van der Waals surface area (Å²) in [7, 11) is 1.58. The minimum Gasteiger partial charge on any atom is -0.495 e. The van der Waals surface area contributed by atoms with E-state index < -0.39 is 0 Å². The smallest absolute Gasteiger partial charge is 0.142 e. The molecule has 88 valence electrons. The molecular weight excluding hydrogens is 209 g/mol. The minimum atomic E-state index is -0.269. The average molecular weight is 225 g/mol. The lowest BCUT2D eigenvalue weighted by Crippen LogP contribution is -2.26. The van der Waals surface area contributed by atoms with Crippen molar-refractivity contribution >= 4 is 5.69 Å². The Kier molecular flexibility index (Phi) is 3.29. The molecule has 1 saturated heterocycles. The van der Waals surface area contributed by atoms with Crippen molar-refractivity contribution in [2.24, 2.45) is 0 Å². The molecule has 0 saturated carbocycles. The van der Waals surface area contributed by atoms with Crippen LogP contribution in [0, 0.1) is 5.82 Å². The van der Waals surface area contributed by atoms with Crippen LogP contribution < -0.4 is 10.1 Å². The first kappa shape index (κ1) is 11.2. The Morgan fingerprint density at radius 2 is 2.31 bits per heavy atom. The van der Waals surface area contributed by atoms with Gasteiger partial charge in [-0.2, -0.15) is 0 Å². The van der Waals surface area contributed by atoms with Crippen LogP contribution in [-0.4, -0.2) is 25.9 Å². The number of nitrogens with one attached hydrogen (secondary N) is 1. The zero-order valence-electron chi connectivity index (χ0n) is 9.50. The van der Waals surface area contributed by atoms with Gasteiger partial charge in [-0.05, 0) is 25.5 Å². The second kappa shape index (κ2) is 4.70. The Labute approximate surface area is 94.6 Å². The first-order valence-electron chi connectivity index (χ1n) is 5.42. The molecule has 16 heavy (non-hydrogen) atoms. The van der Waals surface area contributed by atoms with Crippen LogP contribution in [0.3, 0.4) is 0 Å². The van der Waals surface area contributed by atoms with Crippen LogP contribution in [0.15, 0.2) is 18.2 Å². The van der Waals surface area contributed by atoms with Crippen molar-refractivity contribution in [2.45, 2.75) is 25.5 Å². The van der Waals surface area contributed by atoms with E-state index in [1.54, 1.807) is 13.2 Å². The van der Waals surface area contributed by atoms with Crippen LogP contribution in [0.2, 0.25) is 0 Å². The number of hydrogen-bond donors (Lipinski definition) is 1. The van der Waals surface area contributed by atoms with Gasteiger partial charge < -0.3 is 14.8 Å². The summed E-state index contributed by atoms with van der Waals surface area (Å²) in [5.74, 6) is 0.385. The molecule has 1 aliphatic heterocycles. The summed E-state index contributed by atoms with van der Waals surface area (Å²) >= 11 is 0. The summed E-state index contributed by atoms with van der Waals surface area (Å²) in [6, 6.07) is 4.68. The van der Waals surface area contributed by atoms with Gasteiger partial charge >= 0.3 is 0 Å². The summed E-state index contributed by atoms with van der Waals surface area (Å²) in [4.78, 5) is 0. The maximum Gasteiger partial charge on any atom is 0.142 e. The van der Waals surface area contributed by atoms with Gasteiger partial charge in [0.15, 0.2) is 0 Å². The SMILES string of the molecule is COc1ccc(F)cc1NC1CCOC1C. The predicted octanol–water partition coefficient (Wildman–Crippen LogP) is 2.42. The maximum absolute atomic E-state index is 13.1. The van der Waals surface area contributed by atoms with E-state index in [9.17, 15) is 4.39 Å². The second-order valence-electron chi connectivity index (χ2n) is 3.96. The largest absolute Gasteiger partial charge is 0.495 e. The van der Waals surface area contributed by atoms with Gasteiger partial charge in [0.05, 0.1) is 24.9 Å². The normalized spacial score (nSPS) is 24.4. The molecule has 0 amide bonds. The van der Waals surface area contributed by atoms with Crippen molar-refractivity contribution in [1.29, 1.82) is 0 Å². The molecule has 1 fully saturated rings. The zero-order valence-corrected chi connectivity index (χ0v) is 9.50. The number of ether oxygens (including phenoxy) is 2. The van der Waals surface area contributed by atoms with Crippen molar-refractivity contribution in [3.63, 3.8) is 0 Å². The lowest BCUT2D eigenvalue weighted by molar-refractivity contribution is 0.121. The van der Waals surface area contributed by atoms with Crippen LogP contribution >= 0.6 is 0 Å². The monoisotopic (exact) mass is 225 g/mol. The Morgan fingerprint density at radius 1 is 1.50 bits per heavy atom. The summed E-state index contributed by atoms with van der Waals surface area (Å²) in [6.07, 6.45) is 1.08. The van der Waals surface area contributed by atoms with E-state index in [1.165, 1.54) is 12.1 Å². The molecule has 2 atom stereocenters. The van der Waals surface area contributed by atoms with E-state index in [0.717, 1.165) is 13.0 Å². The van der Waals surface area contributed by atoms with Gasteiger partial charge in [0, 0.05) is 12.7 Å². The molecule has 1 N–H and O–H groups in total. The molecule has 1 heterocycles.